The van der Waals surface area contributed by atoms with Gasteiger partial charge in [-0.1, -0.05) is 5.92 Å². The van der Waals surface area contributed by atoms with Gasteiger partial charge in [0, 0.05) is 11.8 Å². The number of rotatable bonds is 2. The van der Waals surface area contributed by atoms with E-state index in [0.29, 0.717) is 23.6 Å². The molecular formula is C11H11NO3. The number of aromatic nitrogens is 1. The fraction of sp³-hybridized carbons (Fsp3) is 0.364. The third-order valence-corrected chi connectivity index (χ3v) is 2.28. The quantitative estimate of drug-likeness (QED) is 0.729. The van der Waals surface area contributed by atoms with Gasteiger partial charge >= 0.3 is 0 Å². The van der Waals surface area contributed by atoms with Crippen molar-refractivity contribution in [2.75, 3.05) is 6.61 Å². The van der Waals surface area contributed by atoms with Crippen LogP contribution in [0.1, 0.15) is 23.1 Å². The number of hydrogen-bond acceptors (Lipinski definition) is 4. The molecule has 0 saturated heterocycles. The summed E-state index contributed by atoms with van der Waals surface area (Å²) in [5.41, 5.74) is 2.20. The number of aryl methyl sites for hydroxylation is 1. The monoisotopic (exact) mass is 205 g/mol. The topological polar surface area (TPSA) is 51.6 Å². The van der Waals surface area contributed by atoms with Crippen molar-refractivity contribution < 1.29 is 14.6 Å². The van der Waals surface area contributed by atoms with Crippen molar-refractivity contribution in [1.29, 1.82) is 0 Å². The van der Waals surface area contributed by atoms with E-state index in [0.717, 1.165) is 5.56 Å². The molecule has 2 heterocycles. The number of nitrogens with zero attached hydrogens (tertiary/aromatic N) is 1. The molecule has 1 aromatic heterocycles. The molecule has 0 amide bonds. The Labute approximate surface area is 87.9 Å². The number of ether oxygens (including phenoxy) is 2. The predicted octanol–water partition coefficient (Wildman–Crippen LogP) is 0.923. The number of terminal acetylenes is 1. The standard InChI is InChI=1S/C11H11NO3/c1-3-4-14-10-7(2)12-5-8-6-15-11(13)9(8)10/h1,5,11,13H,4,6H2,2H3. The SMILES string of the molecule is C#CCOc1c(C)ncc2c1C(O)OC2. The number of aliphatic hydroxyl groups is 1. The van der Waals surface area contributed by atoms with E-state index in [1.807, 2.05) is 0 Å². The van der Waals surface area contributed by atoms with Crippen molar-refractivity contribution in [2.45, 2.75) is 19.8 Å². The minimum absolute atomic E-state index is 0.158. The normalized spacial score (nSPS) is 18.3. The second kappa shape index (κ2) is 3.89. The van der Waals surface area contributed by atoms with Crippen LogP contribution in [0.25, 0.3) is 0 Å². The first-order chi connectivity index (χ1) is 7.24. The van der Waals surface area contributed by atoms with Crippen LogP contribution < -0.4 is 4.74 Å². The molecule has 1 aromatic rings. The van der Waals surface area contributed by atoms with Crippen molar-refractivity contribution >= 4 is 0 Å². The van der Waals surface area contributed by atoms with Crippen LogP contribution in [0, 0.1) is 19.3 Å². The number of hydrogen-bond donors (Lipinski definition) is 1. The van der Waals surface area contributed by atoms with Crippen molar-refractivity contribution in [2.24, 2.45) is 0 Å². The second-order valence-corrected chi connectivity index (χ2v) is 3.27. The molecule has 1 atom stereocenters. The summed E-state index contributed by atoms with van der Waals surface area (Å²) in [6.45, 7) is 2.32. The van der Waals surface area contributed by atoms with E-state index < -0.39 is 6.29 Å². The molecular weight excluding hydrogens is 194 g/mol. The van der Waals surface area contributed by atoms with Gasteiger partial charge in [0.15, 0.2) is 12.0 Å². The zero-order chi connectivity index (χ0) is 10.8. The lowest BCUT2D eigenvalue weighted by atomic mass is 10.1. The lowest BCUT2D eigenvalue weighted by Gasteiger charge is -2.12. The zero-order valence-corrected chi connectivity index (χ0v) is 8.36. The molecule has 0 aromatic carbocycles. The first-order valence-corrected chi connectivity index (χ1v) is 4.58. The molecule has 1 unspecified atom stereocenters. The summed E-state index contributed by atoms with van der Waals surface area (Å²) in [4.78, 5) is 4.15. The zero-order valence-electron chi connectivity index (χ0n) is 8.36. The summed E-state index contributed by atoms with van der Waals surface area (Å²) in [5.74, 6) is 2.91. The molecule has 2 rings (SSSR count). The summed E-state index contributed by atoms with van der Waals surface area (Å²) < 4.78 is 10.4. The number of fused-ring (bicyclic) bond motifs is 1. The van der Waals surface area contributed by atoms with E-state index in [9.17, 15) is 5.11 Å². The molecule has 0 aliphatic carbocycles. The van der Waals surface area contributed by atoms with Gasteiger partial charge in [-0.3, -0.25) is 4.98 Å². The smallest absolute Gasteiger partial charge is 0.185 e. The van der Waals surface area contributed by atoms with E-state index in [1.54, 1.807) is 13.1 Å². The minimum Gasteiger partial charge on any atom is -0.479 e. The summed E-state index contributed by atoms with van der Waals surface area (Å²) in [7, 11) is 0. The van der Waals surface area contributed by atoms with Crippen LogP contribution >= 0.6 is 0 Å². The highest BCUT2D eigenvalue weighted by atomic mass is 16.6. The maximum atomic E-state index is 9.60. The second-order valence-electron chi connectivity index (χ2n) is 3.27. The van der Waals surface area contributed by atoms with Crippen LogP contribution in [0.4, 0.5) is 0 Å². The Morgan fingerprint density at radius 3 is 3.33 bits per heavy atom. The van der Waals surface area contributed by atoms with Crippen LogP contribution in [0.5, 0.6) is 5.75 Å². The average Bonchev–Trinajstić information content (AvgIpc) is 2.60. The molecule has 0 fully saturated rings. The summed E-state index contributed by atoms with van der Waals surface area (Å²) in [5, 5.41) is 9.60. The lowest BCUT2D eigenvalue weighted by molar-refractivity contribution is -0.0926. The molecule has 0 bridgehead atoms. The summed E-state index contributed by atoms with van der Waals surface area (Å²) in [6, 6.07) is 0. The maximum Gasteiger partial charge on any atom is 0.185 e. The van der Waals surface area contributed by atoms with Gasteiger partial charge in [0.05, 0.1) is 17.9 Å². The number of pyridine rings is 1. The molecule has 4 nitrogen and oxygen atoms in total. The van der Waals surface area contributed by atoms with Gasteiger partial charge in [0.2, 0.25) is 0 Å². The molecule has 78 valence electrons. The molecule has 4 heteroatoms. The minimum atomic E-state index is -0.936. The highest BCUT2D eigenvalue weighted by molar-refractivity contribution is 5.44. The van der Waals surface area contributed by atoms with E-state index in [4.69, 9.17) is 15.9 Å². The van der Waals surface area contributed by atoms with Crippen molar-refractivity contribution in [1.82, 2.24) is 4.98 Å². The van der Waals surface area contributed by atoms with Gasteiger partial charge in [0.25, 0.3) is 0 Å². The molecule has 1 N–H and O–H groups in total. The van der Waals surface area contributed by atoms with Gasteiger partial charge in [-0.05, 0) is 6.92 Å². The van der Waals surface area contributed by atoms with Gasteiger partial charge in [-0.2, -0.15) is 0 Å². The van der Waals surface area contributed by atoms with Crippen molar-refractivity contribution in [3.05, 3.63) is 23.0 Å². The molecule has 0 saturated carbocycles. The molecule has 15 heavy (non-hydrogen) atoms. The van der Waals surface area contributed by atoms with Crippen LogP contribution in [0.15, 0.2) is 6.20 Å². The van der Waals surface area contributed by atoms with Gasteiger partial charge in [-0.15, -0.1) is 6.42 Å². The Morgan fingerprint density at radius 2 is 2.60 bits per heavy atom. The Bertz CT molecular complexity index is 423. The Balaban J connectivity index is 2.43. The first kappa shape index (κ1) is 9.97. The molecule has 0 radical (unpaired) electrons. The maximum absolute atomic E-state index is 9.60. The van der Waals surface area contributed by atoms with Crippen LogP contribution in [-0.2, 0) is 11.3 Å². The van der Waals surface area contributed by atoms with Crippen molar-refractivity contribution in [3.63, 3.8) is 0 Å². The van der Waals surface area contributed by atoms with Crippen molar-refractivity contribution in [3.8, 4) is 18.1 Å². The van der Waals surface area contributed by atoms with E-state index in [2.05, 4.69) is 10.9 Å². The Morgan fingerprint density at radius 1 is 1.80 bits per heavy atom. The van der Waals surface area contributed by atoms with Gasteiger partial charge in [-0.25, -0.2) is 0 Å². The highest BCUT2D eigenvalue weighted by Gasteiger charge is 2.27. The lowest BCUT2D eigenvalue weighted by Crippen LogP contribution is -2.04. The predicted molar refractivity (Wildman–Crippen MR) is 53.1 cm³/mol. The fourth-order valence-corrected chi connectivity index (χ4v) is 1.58. The highest BCUT2D eigenvalue weighted by Crippen LogP contribution is 2.36. The third kappa shape index (κ3) is 1.67. The largest absolute Gasteiger partial charge is 0.479 e. The Kier molecular flexibility index (Phi) is 2.58. The van der Waals surface area contributed by atoms with Crippen LogP contribution in [-0.4, -0.2) is 16.7 Å². The fourth-order valence-electron chi connectivity index (χ4n) is 1.58. The molecule has 1 aliphatic rings. The molecule has 1 aliphatic heterocycles. The van der Waals surface area contributed by atoms with E-state index >= 15 is 0 Å². The number of aliphatic hydroxyl groups excluding tert-OH is 1. The first-order valence-electron chi connectivity index (χ1n) is 4.58. The average molecular weight is 205 g/mol. The van der Waals surface area contributed by atoms with Crippen LogP contribution in [0.2, 0.25) is 0 Å². The third-order valence-electron chi connectivity index (χ3n) is 2.28. The van der Waals surface area contributed by atoms with Crippen LogP contribution in [0.3, 0.4) is 0 Å². The summed E-state index contributed by atoms with van der Waals surface area (Å²) >= 11 is 0. The van der Waals surface area contributed by atoms with Gasteiger partial charge < -0.3 is 14.6 Å². The Hall–Kier alpha value is -1.57. The summed E-state index contributed by atoms with van der Waals surface area (Å²) in [6.07, 6.45) is 5.87. The van der Waals surface area contributed by atoms with E-state index in [-0.39, 0.29) is 6.61 Å². The van der Waals surface area contributed by atoms with Gasteiger partial charge in [0.1, 0.15) is 6.61 Å². The molecule has 0 spiro atoms. The van der Waals surface area contributed by atoms with E-state index in [1.165, 1.54) is 0 Å².